The first-order valence-corrected chi connectivity index (χ1v) is 10.6. The Morgan fingerprint density at radius 2 is 1.73 bits per heavy atom. The van der Waals surface area contributed by atoms with E-state index < -0.39 is 5.97 Å². The van der Waals surface area contributed by atoms with Crippen LogP contribution in [0.4, 0.5) is 5.69 Å². The topological polar surface area (TPSA) is 75.1 Å². The van der Waals surface area contributed by atoms with Crippen LogP contribution in [0.5, 0.6) is 0 Å². The fraction of sp³-hybridized carbons (Fsp3) is 0.125. The smallest absolute Gasteiger partial charge is 0.305 e. The Bertz CT molecular complexity index is 1240. The lowest BCUT2D eigenvalue weighted by Gasteiger charge is -2.15. The van der Waals surface area contributed by atoms with E-state index in [9.17, 15) is 4.79 Å². The van der Waals surface area contributed by atoms with Crippen LogP contribution in [0.3, 0.4) is 0 Å². The van der Waals surface area contributed by atoms with E-state index in [1.165, 1.54) is 5.56 Å². The van der Waals surface area contributed by atoms with Crippen molar-refractivity contribution in [1.29, 1.82) is 0 Å². The van der Waals surface area contributed by atoms with Crippen LogP contribution < -0.4 is 5.32 Å². The Kier molecular flexibility index (Phi) is 4.56. The number of hydrogen-bond donors (Lipinski definition) is 2. The molecule has 0 saturated heterocycles. The molecule has 1 aliphatic carbocycles. The number of nitrogens with one attached hydrogen (secondary N) is 1. The fourth-order valence-electron chi connectivity index (χ4n) is 3.52. The van der Waals surface area contributed by atoms with Crippen molar-refractivity contribution in [2.45, 2.75) is 11.8 Å². The molecule has 148 valence electrons. The molecule has 1 aliphatic rings. The van der Waals surface area contributed by atoms with Gasteiger partial charge in [0.25, 0.3) is 0 Å². The summed E-state index contributed by atoms with van der Waals surface area (Å²) in [6.07, 6.45) is 4.47. The van der Waals surface area contributed by atoms with Crippen LogP contribution in [-0.2, 0) is 10.2 Å². The van der Waals surface area contributed by atoms with Crippen molar-refractivity contribution < 1.29 is 9.90 Å². The molecule has 5 nitrogen and oxygen atoms in total. The third-order valence-electron chi connectivity index (χ3n) is 5.23. The first kappa shape index (κ1) is 18.5. The van der Waals surface area contributed by atoms with Gasteiger partial charge < -0.3 is 10.4 Å². The van der Waals surface area contributed by atoms with Crippen LogP contribution in [0, 0.1) is 0 Å². The highest BCUT2D eigenvalue weighted by Gasteiger charge is 2.39. The lowest BCUT2D eigenvalue weighted by Crippen LogP contribution is -2.12. The Morgan fingerprint density at radius 3 is 2.43 bits per heavy atom. The molecule has 0 unspecified atom stereocenters. The largest absolute Gasteiger partial charge is 0.481 e. The molecule has 30 heavy (non-hydrogen) atoms. The van der Waals surface area contributed by atoms with Gasteiger partial charge in [-0.05, 0) is 42.0 Å². The maximum Gasteiger partial charge on any atom is 0.305 e. The van der Waals surface area contributed by atoms with Gasteiger partial charge in [-0.3, -0.25) is 4.79 Å². The first-order valence-electron chi connectivity index (χ1n) is 9.74. The number of carboxylic acids is 1. The number of aliphatic carboxylic acids is 1. The van der Waals surface area contributed by atoms with Gasteiger partial charge in [0.05, 0.1) is 17.5 Å². The van der Waals surface area contributed by atoms with E-state index in [-0.39, 0.29) is 11.8 Å². The molecule has 0 aliphatic heterocycles. The van der Waals surface area contributed by atoms with Gasteiger partial charge in [0.1, 0.15) is 15.4 Å². The number of carboxylic acid groups (broad SMARTS) is 1. The highest BCUT2D eigenvalue weighted by molar-refractivity contribution is 7.21. The second-order valence-electron chi connectivity index (χ2n) is 7.26. The number of fused-ring (bicyclic) bond motifs is 1. The van der Waals surface area contributed by atoms with E-state index in [4.69, 9.17) is 15.1 Å². The summed E-state index contributed by atoms with van der Waals surface area (Å²) < 4.78 is 0. The van der Waals surface area contributed by atoms with Crippen molar-refractivity contribution in [1.82, 2.24) is 9.97 Å². The number of nitrogens with zero attached hydrogens (tertiary/aromatic N) is 2. The van der Waals surface area contributed by atoms with Gasteiger partial charge in [-0.15, -0.1) is 0 Å². The van der Waals surface area contributed by atoms with Gasteiger partial charge >= 0.3 is 5.97 Å². The Hall–Kier alpha value is -3.51. The molecule has 2 aromatic heterocycles. The number of thiazole rings is 1. The van der Waals surface area contributed by atoms with E-state index in [0.717, 1.165) is 32.3 Å². The lowest BCUT2D eigenvalue weighted by molar-refractivity contribution is -0.136. The maximum absolute atomic E-state index is 10.6. The summed E-state index contributed by atoms with van der Waals surface area (Å²) in [6, 6.07) is 22.4. The highest BCUT2D eigenvalue weighted by atomic mass is 32.1. The van der Waals surface area contributed by atoms with E-state index >= 15 is 0 Å². The van der Waals surface area contributed by atoms with Gasteiger partial charge in [0.15, 0.2) is 0 Å². The minimum atomic E-state index is -0.809. The summed E-state index contributed by atoms with van der Waals surface area (Å²) in [5, 5.41) is 12.8. The zero-order chi connectivity index (χ0) is 20.6. The van der Waals surface area contributed by atoms with Crippen LogP contribution in [0.25, 0.3) is 20.9 Å². The monoisotopic (exact) mass is 413 g/mol. The molecule has 4 aromatic rings. The number of benzene rings is 2. The summed E-state index contributed by atoms with van der Waals surface area (Å²) in [5.41, 5.74) is 4.87. The first-order chi connectivity index (χ1) is 14.6. The second kappa shape index (κ2) is 7.39. The quantitative estimate of drug-likeness (QED) is 0.412. The van der Waals surface area contributed by atoms with Crippen molar-refractivity contribution in [2.75, 3.05) is 11.9 Å². The molecule has 0 amide bonds. The minimum absolute atomic E-state index is 0.0902. The summed E-state index contributed by atoms with van der Waals surface area (Å²) in [7, 11) is 0. The zero-order valence-corrected chi connectivity index (χ0v) is 16.9. The predicted octanol–water partition coefficient (Wildman–Crippen LogP) is 5.10. The number of allylic oxidation sites excluding steroid dienone is 2. The van der Waals surface area contributed by atoms with E-state index in [2.05, 4.69) is 47.8 Å². The Balaban J connectivity index is 1.39. The predicted molar refractivity (Wildman–Crippen MR) is 120 cm³/mol. The molecule has 0 fully saturated rings. The average Bonchev–Trinajstić information content (AvgIpc) is 3.47. The molecule has 2 N–H and O–H groups in total. The Morgan fingerprint density at radius 1 is 0.967 bits per heavy atom. The number of rotatable bonds is 7. The fourth-order valence-corrected chi connectivity index (χ4v) is 4.47. The van der Waals surface area contributed by atoms with E-state index in [1.54, 1.807) is 11.3 Å². The van der Waals surface area contributed by atoms with Crippen molar-refractivity contribution in [3.05, 3.63) is 90.1 Å². The van der Waals surface area contributed by atoms with Crippen LogP contribution in [-0.4, -0.2) is 27.6 Å². The Labute approximate surface area is 177 Å². The zero-order valence-electron chi connectivity index (χ0n) is 16.1. The average molecular weight is 414 g/mol. The highest BCUT2D eigenvalue weighted by Crippen LogP contribution is 2.44. The number of hydrogen-bond acceptors (Lipinski definition) is 5. The number of carbonyl (C=O) groups is 1. The van der Waals surface area contributed by atoms with Gasteiger partial charge in [-0.2, -0.15) is 0 Å². The van der Waals surface area contributed by atoms with Crippen molar-refractivity contribution >= 4 is 33.3 Å². The van der Waals surface area contributed by atoms with E-state index in [1.807, 2.05) is 36.4 Å². The summed E-state index contributed by atoms with van der Waals surface area (Å²) in [5.74, 6) is -0.809. The van der Waals surface area contributed by atoms with E-state index in [0.29, 0.717) is 6.54 Å². The maximum atomic E-state index is 10.6. The van der Waals surface area contributed by atoms with Crippen LogP contribution >= 0.6 is 11.3 Å². The number of anilines is 1. The molecular weight excluding hydrogens is 394 g/mol. The molecule has 0 radical (unpaired) electrons. The molecule has 5 rings (SSSR count). The van der Waals surface area contributed by atoms with Gasteiger partial charge in [0, 0.05) is 17.8 Å². The van der Waals surface area contributed by atoms with Crippen molar-refractivity contribution in [3.63, 3.8) is 0 Å². The van der Waals surface area contributed by atoms with Crippen LogP contribution in [0.2, 0.25) is 0 Å². The lowest BCUT2D eigenvalue weighted by atomic mass is 9.89. The number of aromatic nitrogens is 2. The minimum Gasteiger partial charge on any atom is -0.481 e. The van der Waals surface area contributed by atoms with Crippen molar-refractivity contribution in [2.24, 2.45) is 0 Å². The van der Waals surface area contributed by atoms with Crippen molar-refractivity contribution in [3.8, 4) is 10.6 Å². The standard InChI is InChI=1S/C24H19N3O2S/c28-21(29)12-15-25-18-8-6-16(7-9-18)22-26-19-10-11-20(27-23(19)30-22)24(13-14-24)17-4-2-1-3-5-17/h1-11,13-14,25H,12,15H2,(H,28,29). The molecule has 2 aromatic carbocycles. The molecule has 2 heterocycles. The van der Waals surface area contributed by atoms with Gasteiger partial charge in [-0.25, -0.2) is 9.97 Å². The van der Waals surface area contributed by atoms with Crippen LogP contribution in [0.1, 0.15) is 17.7 Å². The third-order valence-corrected chi connectivity index (χ3v) is 6.24. The second-order valence-corrected chi connectivity index (χ2v) is 8.23. The summed E-state index contributed by atoms with van der Waals surface area (Å²) >= 11 is 1.58. The molecule has 0 bridgehead atoms. The summed E-state index contributed by atoms with van der Waals surface area (Å²) in [6.45, 7) is 0.402. The molecular formula is C24H19N3O2S. The molecule has 0 atom stereocenters. The van der Waals surface area contributed by atoms with Crippen LogP contribution in [0.15, 0.2) is 78.9 Å². The van der Waals surface area contributed by atoms with Gasteiger partial charge in [0.2, 0.25) is 0 Å². The number of pyridine rings is 1. The molecule has 0 saturated carbocycles. The summed E-state index contributed by atoms with van der Waals surface area (Å²) in [4.78, 5) is 21.2. The molecule has 0 spiro atoms. The van der Waals surface area contributed by atoms with Gasteiger partial charge in [-0.1, -0.05) is 53.8 Å². The molecule has 6 heteroatoms. The SMILES string of the molecule is O=C(O)CCNc1ccc(-c2nc3ccc(C4(c5ccccc5)C=C4)nc3s2)cc1. The normalized spacial score (nSPS) is 14.0. The third kappa shape index (κ3) is 3.46.